The van der Waals surface area contributed by atoms with Crippen molar-refractivity contribution in [3.8, 4) is 0 Å². The lowest BCUT2D eigenvalue weighted by atomic mass is 10.2. The van der Waals surface area contributed by atoms with Crippen LogP contribution in [0, 0.1) is 0 Å². The SMILES string of the molecule is OCC1=NC=CCC1. The highest BCUT2D eigenvalue weighted by Gasteiger charge is 1.96. The van der Waals surface area contributed by atoms with Gasteiger partial charge in [-0.05, 0) is 12.8 Å². The molecule has 0 radical (unpaired) electrons. The van der Waals surface area contributed by atoms with Crippen molar-refractivity contribution < 1.29 is 5.11 Å². The van der Waals surface area contributed by atoms with Crippen LogP contribution in [0.2, 0.25) is 0 Å². The van der Waals surface area contributed by atoms with Gasteiger partial charge in [-0.2, -0.15) is 0 Å². The summed E-state index contributed by atoms with van der Waals surface area (Å²) in [4.78, 5) is 3.93. The van der Waals surface area contributed by atoms with Gasteiger partial charge in [0, 0.05) is 11.9 Å². The third-order valence-corrected chi connectivity index (χ3v) is 1.14. The van der Waals surface area contributed by atoms with Gasteiger partial charge >= 0.3 is 0 Å². The Hall–Kier alpha value is -0.630. The van der Waals surface area contributed by atoms with Crippen LogP contribution in [-0.2, 0) is 0 Å². The van der Waals surface area contributed by atoms with Crippen molar-refractivity contribution in [3.63, 3.8) is 0 Å². The second kappa shape index (κ2) is 2.62. The first kappa shape index (κ1) is 5.51. The van der Waals surface area contributed by atoms with Crippen molar-refractivity contribution in [3.05, 3.63) is 12.3 Å². The summed E-state index contributed by atoms with van der Waals surface area (Å²) in [5, 5.41) is 8.53. The van der Waals surface area contributed by atoms with E-state index in [0.29, 0.717) is 0 Å². The molecule has 1 aliphatic rings. The second-order valence-electron chi connectivity index (χ2n) is 1.78. The molecule has 0 atom stereocenters. The Balaban J connectivity index is 2.50. The van der Waals surface area contributed by atoms with Crippen LogP contribution in [0.3, 0.4) is 0 Å². The number of hydrogen-bond donors (Lipinski definition) is 1. The van der Waals surface area contributed by atoms with Gasteiger partial charge in [0.2, 0.25) is 0 Å². The van der Waals surface area contributed by atoms with E-state index >= 15 is 0 Å². The van der Waals surface area contributed by atoms with E-state index in [1.54, 1.807) is 6.20 Å². The molecule has 1 N–H and O–H groups in total. The monoisotopic (exact) mass is 111 g/mol. The molecule has 0 aromatic heterocycles. The van der Waals surface area contributed by atoms with Crippen molar-refractivity contribution in [1.82, 2.24) is 0 Å². The minimum Gasteiger partial charge on any atom is -0.390 e. The summed E-state index contributed by atoms with van der Waals surface area (Å²) in [5.74, 6) is 0. The van der Waals surface area contributed by atoms with Crippen molar-refractivity contribution >= 4 is 5.71 Å². The third-order valence-electron chi connectivity index (χ3n) is 1.14. The zero-order valence-electron chi connectivity index (χ0n) is 4.67. The molecule has 0 saturated carbocycles. The van der Waals surface area contributed by atoms with Crippen molar-refractivity contribution in [2.75, 3.05) is 6.61 Å². The molecule has 0 unspecified atom stereocenters. The normalized spacial score (nSPS) is 18.4. The Bertz CT molecular complexity index is 126. The van der Waals surface area contributed by atoms with Crippen LogP contribution in [0.4, 0.5) is 0 Å². The van der Waals surface area contributed by atoms with Gasteiger partial charge in [0.05, 0.1) is 6.61 Å². The van der Waals surface area contributed by atoms with Crippen molar-refractivity contribution in [2.45, 2.75) is 12.8 Å². The number of allylic oxidation sites excluding steroid dienone is 1. The lowest BCUT2D eigenvalue weighted by molar-refractivity contribution is 0.354. The van der Waals surface area contributed by atoms with Gasteiger partial charge in [0.1, 0.15) is 0 Å². The smallest absolute Gasteiger partial charge is 0.0813 e. The number of aliphatic hydroxyl groups excluding tert-OH is 1. The van der Waals surface area contributed by atoms with Gasteiger partial charge in [-0.3, -0.25) is 4.99 Å². The fraction of sp³-hybridized carbons (Fsp3) is 0.500. The average molecular weight is 111 g/mol. The van der Waals surface area contributed by atoms with Gasteiger partial charge in [-0.1, -0.05) is 6.08 Å². The van der Waals surface area contributed by atoms with E-state index in [2.05, 4.69) is 4.99 Å². The zero-order valence-corrected chi connectivity index (χ0v) is 4.67. The maximum atomic E-state index is 8.53. The molecule has 2 heteroatoms. The van der Waals surface area contributed by atoms with Crippen LogP contribution >= 0.6 is 0 Å². The van der Waals surface area contributed by atoms with Crippen LogP contribution in [0.5, 0.6) is 0 Å². The topological polar surface area (TPSA) is 32.6 Å². The molecule has 0 fully saturated rings. The fourth-order valence-corrected chi connectivity index (χ4v) is 0.667. The Morgan fingerprint density at radius 3 is 3.00 bits per heavy atom. The molecule has 8 heavy (non-hydrogen) atoms. The van der Waals surface area contributed by atoms with Crippen LogP contribution in [-0.4, -0.2) is 17.4 Å². The molecule has 0 aromatic rings. The molecule has 0 aromatic carbocycles. The van der Waals surface area contributed by atoms with Gasteiger partial charge in [0.15, 0.2) is 0 Å². The van der Waals surface area contributed by atoms with E-state index < -0.39 is 0 Å². The molecule has 2 nitrogen and oxygen atoms in total. The molecule has 0 spiro atoms. The first-order valence-electron chi connectivity index (χ1n) is 2.75. The highest BCUT2D eigenvalue weighted by Crippen LogP contribution is 2.00. The van der Waals surface area contributed by atoms with E-state index in [9.17, 15) is 0 Å². The Morgan fingerprint density at radius 2 is 2.62 bits per heavy atom. The van der Waals surface area contributed by atoms with Gasteiger partial charge in [0.25, 0.3) is 0 Å². The quantitative estimate of drug-likeness (QED) is 0.531. The van der Waals surface area contributed by atoms with Crippen LogP contribution in [0.15, 0.2) is 17.3 Å². The molecule has 0 saturated heterocycles. The Morgan fingerprint density at radius 1 is 1.75 bits per heavy atom. The predicted octanol–water partition coefficient (Wildman–Crippen LogP) is 0.727. The maximum absolute atomic E-state index is 8.53. The van der Waals surface area contributed by atoms with E-state index in [4.69, 9.17) is 5.11 Å². The summed E-state index contributed by atoms with van der Waals surface area (Å²) in [7, 11) is 0. The number of aliphatic hydroxyl groups is 1. The molecule has 0 amide bonds. The number of rotatable bonds is 1. The molecule has 0 bridgehead atoms. The fourth-order valence-electron chi connectivity index (χ4n) is 0.667. The van der Waals surface area contributed by atoms with Crippen molar-refractivity contribution in [2.24, 2.45) is 4.99 Å². The molecule has 1 rings (SSSR count). The largest absolute Gasteiger partial charge is 0.390 e. The van der Waals surface area contributed by atoms with E-state index in [1.165, 1.54) is 0 Å². The first-order valence-corrected chi connectivity index (χ1v) is 2.75. The van der Waals surface area contributed by atoms with Crippen LogP contribution < -0.4 is 0 Å². The highest BCUT2D eigenvalue weighted by molar-refractivity contribution is 5.86. The molecule has 1 aliphatic heterocycles. The summed E-state index contributed by atoms with van der Waals surface area (Å²) in [6, 6.07) is 0. The van der Waals surface area contributed by atoms with Crippen LogP contribution in [0.25, 0.3) is 0 Å². The van der Waals surface area contributed by atoms with E-state index in [1.807, 2.05) is 6.08 Å². The standard InChI is InChI=1S/C6H9NO/c8-5-6-3-1-2-4-7-6/h2,4,8H,1,3,5H2. The van der Waals surface area contributed by atoms with Gasteiger partial charge in [-0.25, -0.2) is 0 Å². The molecular formula is C6H9NO. The molecular weight excluding hydrogens is 102 g/mol. The predicted molar refractivity (Wildman–Crippen MR) is 32.9 cm³/mol. The lowest BCUT2D eigenvalue weighted by Gasteiger charge is -2.01. The summed E-state index contributed by atoms with van der Waals surface area (Å²) >= 11 is 0. The highest BCUT2D eigenvalue weighted by atomic mass is 16.3. The summed E-state index contributed by atoms with van der Waals surface area (Å²) in [6.45, 7) is 0.115. The number of aliphatic imine (C=N–C) groups is 1. The second-order valence-corrected chi connectivity index (χ2v) is 1.78. The number of nitrogens with zero attached hydrogens (tertiary/aromatic N) is 1. The van der Waals surface area contributed by atoms with Crippen LogP contribution in [0.1, 0.15) is 12.8 Å². The van der Waals surface area contributed by atoms with Gasteiger partial charge in [-0.15, -0.1) is 0 Å². The minimum absolute atomic E-state index is 0.115. The van der Waals surface area contributed by atoms with E-state index in [-0.39, 0.29) is 6.61 Å². The van der Waals surface area contributed by atoms with Gasteiger partial charge < -0.3 is 5.11 Å². The summed E-state index contributed by atoms with van der Waals surface area (Å²) < 4.78 is 0. The maximum Gasteiger partial charge on any atom is 0.0813 e. The average Bonchev–Trinajstić information content (AvgIpc) is 1.90. The summed E-state index contributed by atoms with van der Waals surface area (Å²) in [6.07, 6.45) is 5.70. The minimum atomic E-state index is 0.115. The Labute approximate surface area is 48.6 Å². The lowest BCUT2D eigenvalue weighted by Crippen LogP contribution is -2.04. The number of hydrogen-bond acceptors (Lipinski definition) is 2. The molecule has 44 valence electrons. The zero-order chi connectivity index (χ0) is 5.82. The van der Waals surface area contributed by atoms with E-state index in [0.717, 1.165) is 18.6 Å². The third kappa shape index (κ3) is 1.17. The summed E-state index contributed by atoms with van der Waals surface area (Å²) in [5.41, 5.74) is 0.896. The molecule has 0 aliphatic carbocycles. The molecule has 1 heterocycles. The van der Waals surface area contributed by atoms with Crippen molar-refractivity contribution in [1.29, 1.82) is 0 Å². The Kier molecular flexibility index (Phi) is 1.80. The first-order chi connectivity index (χ1) is 3.93.